The summed E-state index contributed by atoms with van der Waals surface area (Å²) in [6, 6.07) is 5.79. The van der Waals surface area contributed by atoms with E-state index >= 15 is 0 Å². The SMILES string of the molecule is CC1(CC(=O)N/N=C\c2ccc(F)cc2)OCCCO1. The maximum Gasteiger partial charge on any atom is 0.245 e. The van der Waals surface area contributed by atoms with Gasteiger partial charge in [0.05, 0.1) is 25.8 Å². The van der Waals surface area contributed by atoms with Crippen LogP contribution in [0.3, 0.4) is 0 Å². The van der Waals surface area contributed by atoms with Crippen molar-refractivity contribution < 1.29 is 18.7 Å². The van der Waals surface area contributed by atoms with Gasteiger partial charge in [-0.2, -0.15) is 5.10 Å². The monoisotopic (exact) mass is 280 g/mol. The Morgan fingerprint density at radius 3 is 2.70 bits per heavy atom. The molecule has 0 aliphatic carbocycles. The third kappa shape index (κ3) is 4.40. The van der Waals surface area contributed by atoms with Crippen LogP contribution in [0.5, 0.6) is 0 Å². The van der Waals surface area contributed by atoms with Crippen LogP contribution < -0.4 is 5.43 Å². The van der Waals surface area contributed by atoms with Crippen molar-refractivity contribution in [1.82, 2.24) is 5.43 Å². The molecule has 1 aliphatic heterocycles. The van der Waals surface area contributed by atoms with Crippen molar-refractivity contribution in [2.75, 3.05) is 13.2 Å². The molecular weight excluding hydrogens is 263 g/mol. The van der Waals surface area contributed by atoms with E-state index in [9.17, 15) is 9.18 Å². The second kappa shape index (κ2) is 6.58. The molecule has 108 valence electrons. The Bertz CT molecular complexity index is 482. The summed E-state index contributed by atoms with van der Waals surface area (Å²) in [7, 11) is 0. The van der Waals surface area contributed by atoms with Crippen molar-refractivity contribution in [3.63, 3.8) is 0 Å². The molecule has 0 saturated carbocycles. The molecule has 0 atom stereocenters. The summed E-state index contributed by atoms with van der Waals surface area (Å²) in [6.45, 7) is 2.90. The number of hydrogen-bond donors (Lipinski definition) is 1. The Morgan fingerprint density at radius 2 is 2.05 bits per heavy atom. The van der Waals surface area contributed by atoms with Gasteiger partial charge in [0.2, 0.25) is 5.91 Å². The molecule has 1 amide bonds. The molecular formula is C14H17FN2O3. The maximum atomic E-state index is 12.7. The van der Waals surface area contributed by atoms with Gasteiger partial charge in [0.15, 0.2) is 5.79 Å². The molecule has 1 aromatic rings. The molecule has 0 unspecified atom stereocenters. The number of carbonyl (C=O) groups excluding carboxylic acids is 1. The largest absolute Gasteiger partial charge is 0.350 e. The lowest BCUT2D eigenvalue weighted by Crippen LogP contribution is -2.41. The van der Waals surface area contributed by atoms with E-state index in [1.807, 2.05) is 0 Å². The molecule has 6 heteroatoms. The summed E-state index contributed by atoms with van der Waals surface area (Å²) in [5.74, 6) is -1.49. The second-order valence-electron chi connectivity index (χ2n) is 4.71. The molecule has 1 aliphatic rings. The first kappa shape index (κ1) is 14.6. The van der Waals surface area contributed by atoms with Crippen LogP contribution in [0.2, 0.25) is 0 Å². The van der Waals surface area contributed by atoms with Crippen molar-refractivity contribution in [2.45, 2.75) is 25.6 Å². The van der Waals surface area contributed by atoms with E-state index in [0.717, 1.165) is 6.42 Å². The smallest absolute Gasteiger partial charge is 0.245 e. The molecule has 1 N–H and O–H groups in total. The minimum Gasteiger partial charge on any atom is -0.350 e. The number of nitrogens with zero attached hydrogens (tertiary/aromatic N) is 1. The molecule has 0 bridgehead atoms. The topological polar surface area (TPSA) is 59.9 Å². The zero-order valence-corrected chi connectivity index (χ0v) is 11.3. The van der Waals surface area contributed by atoms with E-state index < -0.39 is 5.79 Å². The summed E-state index contributed by atoms with van der Waals surface area (Å²) in [5, 5.41) is 3.81. The summed E-state index contributed by atoms with van der Waals surface area (Å²) in [6.07, 6.45) is 2.36. The number of hydrazone groups is 1. The third-order valence-electron chi connectivity index (χ3n) is 2.86. The van der Waals surface area contributed by atoms with Crippen LogP contribution in [0.1, 0.15) is 25.3 Å². The van der Waals surface area contributed by atoms with Gasteiger partial charge in [0.1, 0.15) is 5.82 Å². The fourth-order valence-corrected chi connectivity index (χ4v) is 1.84. The van der Waals surface area contributed by atoms with E-state index in [2.05, 4.69) is 10.5 Å². The van der Waals surface area contributed by atoms with E-state index in [4.69, 9.17) is 9.47 Å². The van der Waals surface area contributed by atoms with Gasteiger partial charge in [-0.15, -0.1) is 0 Å². The van der Waals surface area contributed by atoms with Crippen molar-refractivity contribution in [3.05, 3.63) is 35.6 Å². The van der Waals surface area contributed by atoms with E-state index in [1.54, 1.807) is 19.1 Å². The Kier molecular flexibility index (Phi) is 4.81. The molecule has 0 aromatic heterocycles. The highest BCUT2D eigenvalue weighted by molar-refractivity contribution is 5.82. The average molecular weight is 280 g/mol. The minimum atomic E-state index is -0.881. The Morgan fingerprint density at radius 1 is 1.40 bits per heavy atom. The average Bonchev–Trinajstić information content (AvgIpc) is 2.41. The van der Waals surface area contributed by atoms with E-state index in [-0.39, 0.29) is 18.1 Å². The number of halogens is 1. The Balaban J connectivity index is 1.81. The molecule has 0 spiro atoms. The van der Waals surface area contributed by atoms with Crippen LogP contribution in [0.15, 0.2) is 29.4 Å². The van der Waals surface area contributed by atoms with Gasteiger partial charge in [-0.05, 0) is 31.0 Å². The standard InChI is InChI=1S/C14H17FN2O3/c1-14(19-7-2-8-20-14)9-13(18)17-16-10-11-3-5-12(15)6-4-11/h3-6,10H,2,7-9H2,1H3,(H,17,18)/b16-10-. The van der Waals surface area contributed by atoms with Crippen LogP contribution in [-0.4, -0.2) is 31.1 Å². The maximum absolute atomic E-state index is 12.7. The molecule has 1 saturated heterocycles. The zero-order chi connectivity index (χ0) is 14.4. The van der Waals surface area contributed by atoms with Crippen molar-refractivity contribution >= 4 is 12.1 Å². The van der Waals surface area contributed by atoms with Gasteiger partial charge in [-0.1, -0.05) is 12.1 Å². The van der Waals surface area contributed by atoms with Crippen molar-refractivity contribution in [2.24, 2.45) is 5.10 Å². The van der Waals surface area contributed by atoms with Gasteiger partial charge in [0.25, 0.3) is 0 Å². The number of amides is 1. The molecule has 1 heterocycles. The summed E-state index contributed by atoms with van der Waals surface area (Å²) in [4.78, 5) is 11.7. The molecule has 20 heavy (non-hydrogen) atoms. The molecule has 1 aromatic carbocycles. The van der Waals surface area contributed by atoms with Crippen LogP contribution >= 0.6 is 0 Å². The molecule has 2 rings (SSSR count). The number of carbonyl (C=O) groups is 1. The van der Waals surface area contributed by atoms with Crippen LogP contribution in [0.25, 0.3) is 0 Å². The highest BCUT2D eigenvalue weighted by Crippen LogP contribution is 2.21. The highest BCUT2D eigenvalue weighted by Gasteiger charge is 2.31. The van der Waals surface area contributed by atoms with Crippen LogP contribution in [-0.2, 0) is 14.3 Å². The Hall–Kier alpha value is -1.79. The number of rotatable bonds is 4. The zero-order valence-electron chi connectivity index (χ0n) is 11.3. The van der Waals surface area contributed by atoms with E-state index in [0.29, 0.717) is 18.8 Å². The molecule has 5 nitrogen and oxygen atoms in total. The Labute approximate surface area is 116 Å². The number of hydrogen-bond acceptors (Lipinski definition) is 4. The molecule has 0 radical (unpaired) electrons. The van der Waals surface area contributed by atoms with Crippen LogP contribution in [0.4, 0.5) is 4.39 Å². The van der Waals surface area contributed by atoms with Gasteiger partial charge in [0, 0.05) is 0 Å². The van der Waals surface area contributed by atoms with Gasteiger partial charge >= 0.3 is 0 Å². The summed E-state index contributed by atoms with van der Waals surface area (Å²) in [5.41, 5.74) is 3.09. The first-order valence-electron chi connectivity index (χ1n) is 6.43. The van der Waals surface area contributed by atoms with Gasteiger partial charge in [-0.3, -0.25) is 4.79 Å². The summed E-state index contributed by atoms with van der Waals surface area (Å²) < 4.78 is 23.6. The lowest BCUT2D eigenvalue weighted by molar-refractivity contribution is -0.256. The van der Waals surface area contributed by atoms with Crippen LogP contribution in [0, 0.1) is 5.82 Å². The number of benzene rings is 1. The fraction of sp³-hybridized carbons (Fsp3) is 0.429. The van der Waals surface area contributed by atoms with E-state index in [1.165, 1.54) is 18.3 Å². The predicted molar refractivity (Wildman–Crippen MR) is 71.7 cm³/mol. The predicted octanol–water partition coefficient (Wildman–Crippen LogP) is 1.82. The highest BCUT2D eigenvalue weighted by atomic mass is 19.1. The van der Waals surface area contributed by atoms with Gasteiger partial charge in [-0.25, -0.2) is 9.82 Å². The van der Waals surface area contributed by atoms with Gasteiger partial charge < -0.3 is 9.47 Å². The lowest BCUT2D eigenvalue weighted by Gasteiger charge is -2.33. The fourth-order valence-electron chi connectivity index (χ4n) is 1.84. The van der Waals surface area contributed by atoms with Crippen molar-refractivity contribution in [1.29, 1.82) is 0 Å². The number of nitrogens with one attached hydrogen (secondary N) is 1. The normalized spacial score (nSPS) is 18.1. The third-order valence-corrected chi connectivity index (χ3v) is 2.86. The minimum absolute atomic E-state index is 0.0771. The summed E-state index contributed by atoms with van der Waals surface area (Å²) >= 11 is 0. The lowest BCUT2D eigenvalue weighted by atomic mass is 10.2. The quantitative estimate of drug-likeness (QED) is 0.676. The molecule has 1 fully saturated rings. The first-order chi connectivity index (χ1) is 9.57. The second-order valence-corrected chi connectivity index (χ2v) is 4.71. The first-order valence-corrected chi connectivity index (χ1v) is 6.43. The van der Waals surface area contributed by atoms with Crippen molar-refractivity contribution in [3.8, 4) is 0 Å². The number of ether oxygens (including phenoxy) is 2.